The van der Waals surface area contributed by atoms with Gasteiger partial charge in [0.1, 0.15) is 5.75 Å². The first-order valence-electron chi connectivity index (χ1n) is 7.91. The molecule has 1 aliphatic rings. The van der Waals surface area contributed by atoms with Crippen LogP contribution in [-0.4, -0.2) is 34.8 Å². The summed E-state index contributed by atoms with van der Waals surface area (Å²) >= 11 is 0. The molecule has 2 N–H and O–H groups in total. The van der Waals surface area contributed by atoms with Crippen molar-refractivity contribution in [3.05, 3.63) is 54.2 Å². The van der Waals surface area contributed by atoms with E-state index in [4.69, 9.17) is 10.5 Å². The van der Waals surface area contributed by atoms with Gasteiger partial charge in [-0.25, -0.2) is 4.98 Å². The largest absolute Gasteiger partial charge is 0.439 e. The van der Waals surface area contributed by atoms with Crippen molar-refractivity contribution in [3.8, 4) is 11.6 Å². The summed E-state index contributed by atoms with van der Waals surface area (Å²) in [6, 6.07) is 12.7. The molecule has 1 aromatic carbocycles. The minimum Gasteiger partial charge on any atom is -0.439 e. The quantitative estimate of drug-likeness (QED) is 0.934. The molecule has 3 rings (SSSR count). The molecule has 0 spiro atoms. The highest BCUT2D eigenvalue weighted by Gasteiger charge is 2.27. The Bertz CT molecular complexity index is 716. The summed E-state index contributed by atoms with van der Waals surface area (Å²) in [6.45, 7) is 1.00. The summed E-state index contributed by atoms with van der Waals surface area (Å²) in [5.41, 5.74) is 5.83. The van der Waals surface area contributed by atoms with Gasteiger partial charge in [0.15, 0.2) is 0 Å². The lowest BCUT2D eigenvalue weighted by Gasteiger charge is -2.31. The number of nitrogens with two attached hydrogens (primary N) is 1. The molecule has 124 valence electrons. The van der Waals surface area contributed by atoms with Crippen LogP contribution in [0.5, 0.6) is 11.6 Å². The summed E-state index contributed by atoms with van der Waals surface area (Å²) in [6.07, 6.45) is 3.01. The molecule has 6 heteroatoms. The first kappa shape index (κ1) is 16.0. The average molecular weight is 325 g/mol. The third kappa shape index (κ3) is 3.71. The van der Waals surface area contributed by atoms with E-state index in [0.29, 0.717) is 30.3 Å². The highest BCUT2D eigenvalue weighted by molar-refractivity contribution is 5.94. The Morgan fingerprint density at radius 2 is 1.96 bits per heavy atom. The standard InChI is InChI=1S/C18H19N3O3/c19-17(22)14-5-4-10-21(12-14)18(23)13-8-9-16(20-11-13)24-15-6-2-1-3-7-15/h1-3,6-9,11,14H,4-5,10,12H2,(H2,19,22). The topological polar surface area (TPSA) is 85.5 Å². The number of ether oxygens (including phenoxy) is 1. The van der Waals surface area contributed by atoms with Gasteiger partial charge in [-0.05, 0) is 31.0 Å². The Balaban J connectivity index is 1.66. The van der Waals surface area contributed by atoms with Crippen LogP contribution in [0, 0.1) is 5.92 Å². The fourth-order valence-corrected chi connectivity index (χ4v) is 2.75. The van der Waals surface area contributed by atoms with Crippen LogP contribution in [0.2, 0.25) is 0 Å². The number of carbonyl (C=O) groups excluding carboxylic acids is 2. The fraction of sp³-hybridized carbons (Fsp3) is 0.278. The number of likely N-dealkylation sites (tertiary alicyclic amines) is 1. The van der Waals surface area contributed by atoms with Gasteiger partial charge in [0.2, 0.25) is 11.8 Å². The number of hydrogen-bond acceptors (Lipinski definition) is 4. The van der Waals surface area contributed by atoms with Crippen LogP contribution < -0.4 is 10.5 Å². The Kier molecular flexibility index (Phi) is 4.74. The second-order valence-corrected chi connectivity index (χ2v) is 5.79. The maximum atomic E-state index is 12.5. The molecule has 1 aromatic heterocycles. The van der Waals surface area contributed by atoms with Crippen LogP contribution in [0.25, 0.3) is 0 Å². The van der Waals surface area contributed by atoms with Crippen molar-refractivity contribution in [2.45, 2.75) is 12.8 Å². The van der Waals surface area contributed by atoms with Crippen LogP contribution in [0.15, 0.2) is 48.7 Å². The summed E-state index contributed by atoms with van der Waals surface area (Å²) in [4.78, 5) is 29.7. The third-order valence-corrected chi connectivity index (χ3v) is 4.06. The Morgan fingerprint density at radius 3 is 2.62 bits per heavy atom. The van der Waals surface area contributed by atoms with E-state index in [1.807, 2.05) is 30.3 Å². The lowest BCUT2D eigenvalue weighted by molar-refractivity contribution is -0.123. The molecule has 6 nitrogen and oxygen atoms in total. The zero-order valence-electron chi connectivity index (χ0n) is 13.2. The molecule has 1 saturated heterocycles. The second-order valence-electron chi connectivity index (χ2n) is 5.79. The van der Waals surface area contributed by atoms with Gasteiger partial charge in [0.05, 0.1) is 11.5 Å². The van der Waals surface area contributed by atoms with Crippen LogP contribution in [0.3, 0.4) is 0 Å². The molecule has 1 unspecified atom stereocenters. The first-order chi connectivity index (χ1) is 11.6. The Morgan fingerprint density at radius 1 is 1.17 bits per heavy atom. The van der Waals surface area contributed by atoms with Gasteiger partial charge in [0, 0.05) is 25.4 Å². The minimum atomic E-state index is -0.350. The van der Waals surface area contributed by atoms with Crippen molar-refractivity contribution in [1.82, 2.24) is 9.88 Å². The van der Waals surface area contributed by atoms with Gasteiger partial charge in [-0.3, -0.25) is 9.59 Å². The first-order valence-corrected chi connectivity index (χ1v) is 7.91. The number of primary amides is 1. The Labute approximate surface area is 140 Å². The SMILES string of the molecule is NC(=O)C1CCCN(C(=O)c2ccc(Oc3ccccc3)nc2)C1. The summed E-state index contributed by atoms with van der Waals surface area (Å²) in [5.74, 6) is 0.351. The van der Waals surface area contributed by atoms with Crippen LogP contribution in [0.1, 0.15) is 23.2 Å². The number of amides is 2. The second kappa shape index (κ2) is 7.12. The molecule has 0 bridgehead atoms. The lowest BCUT2D eigenvalue weighted by atomic mass is 9.97. The molecule has 2 amide bonds. The Hall–Kier alpha value is -2.89. The van der Waals surface area contributed by atoms with Crippen LogP contribution in [-0.2, 0) is 4.79 Å². The number of aromatic nitrogens is 1. The molecule has 0 aliphatic carbocycles. The predicted octanol–water partition coefficient (Wildman–Crippen LogP) is 2.21. The summed E-state index contributed by atoms with van der Waals surface area (Å²) in [5, 5.41) is 0. The third-order valence-electron chi connectivity index (χ3n) is 4.06. The predicted molar refractivity (Wildman–Crippen MR) is 88.6 cm³/mol. The summed E-state index contributed by atoms with van der Waals surface area (Å²) in [7, 11) is 0. The average Bonchev–Trinajstić information content (AvgIpc) is 2.63. The van der Waals surface area contributed by atoms with E-state index in [0.717, 1.165) is 12.8 Å². The van der Waals surface area contributed by atoms with Gasteiger partial charge in [-0.15, -0.1) is 0 Å². The molecular formula is C18H19N3O3. The van der Waals surface area contributed by atoms with Gasteiger partial charge in [-0.1, -0.05) is 18.2 Å². The van der Waals surface area contributed by atoms with E-state index < -0.39 is 0 Å². The number of rotatable bonds is 4. The molecule has 0 radical (unpaired) electrons. The maximum absolute atomic E-state index is 12.5. The van der Waals surface area contributed by atoms with E-state index in [1.54, 1.807) is 17.0 Å². The molecule has 0 saturated carbocycles. The number of para-hydroxylation sites is 1. The van der Waals surface area contributed by atoms with Crippen molar-refractivity contribution in [1.29, 1.82) is 0 Å². The van der Waals surface area contributed by atoms with Crippen molar-refractivity contribution in [3.63, 3.8) is 0 Å². The van der Waals surface area contributed by atoms with Crippen molar-refractivity contribution in [2.75, 3.05) is 13.1 Å². The van der Waals surface area contributed by atoms with E-state index >= 15 is 0 Å². The van der Waals surface area contributed by atoms with Gasteiger partial charge < -0.3 is 15.4 Å². The normalized spacial score (nSPS) is 17.3. The number of nitrogens with zero attached hydrogens (tertiary/aromatic N) is 2. The van der Waals surface area contributed by atoms with Gasteiger partial charge in [0.25, 0.3) is 5.91 Å². The maximum Gasteiger partial charge on any atom is 0.255 e. The monoisotopic (exact) mass is 325 g/mol. The van der Waals surface area contributed by atoms with E-state index in [-0.39, 0.29) is 17.7 Å². The fourth-order valence-electron chi connectivity index (χ4n) is 2.75. The molecule has 1 atom stereocenters. The lowest BCUT2D eigenvalue weighted by Crippen LogP contribution is -2.44. The minimum absolute atomic E-state index is 0.139. The highest BCUT2D eigenvalue weighted by Crippen LogP contribution is 2.21. The van der Waals surface area contributed by atoms with Crippen LogP contribution >= 0.6 is 0 Å². The van der Waals surface area contributed by atoms with E-state index in [9.17, 15) is 9.59 Å². The zero-order valence-corrected chi connectivity index (χ0v) is 13.2. The van der Waals surface area contributed by atoms with E-state index in [1.165, 1.54) is 6.20 Å². The molecule has 1 aliphatic heterocycles. The van der Waals surface area contributed by atoms with Crippen molar-refractivity contribution in [2.24, 2.45) is 11.7 Å². The number of hydrogen-bond donors (Lipinski definition) is 1. The van der Waals surface area contributed by atoms with Crippen molar-refractivity contribution < 1.29 is 14.3 Å². The number of benzene rings is 1. The van der Waals surface area contributed by atoms with Gasteiger partial charge >= 0.3 is 0 Å². The van der Waals surface area contributed by atoms with Crippen LogP contribution in [0.4, 0.5) is 0 Å². The molecule has 1 fully saturated rings. The van der Waals surface area contributed by atoms with Gasteiger partial charge in [-0.2, -0.15) is 0 Å². The smallest absolute Gasteiger partial charge is 0.255 e. The molecule has 24 heavy (non-hydrogen) atoms. The van der Waals surface area contributed by atoms with E-state index in [2.05, 4.69) is 4.98 Å². The van der Waals surface area contributed by atoms with Crippen molar-refractivity contribution >= 4 is 11.8 Å². The molecule has 2 aromatic rings. The molecule has 2 heterocycles. The summed E-state index contributed by atoms with van der Waals surface area (Å²) < 4.78 is 5.61. The number of carbonyl (C=O) groups is 2. The molecular weight excluding hydrogens is 306 g/mol. The number of pyridine rings is 1. The zero-order chi connectivity index (χ0) is 16.9. The highest BCUT2D eigenvalue weighted by atomic mass is 16.5. The number of piperidine rings is 1.